The standard InChI is InChI=1S/C14H18N4O/c1-10-11(2)18(9-17-10)7-8-19-13-5-3-12(4-6-13)14(15)16/h3-6,9H,7-8H2,1-2H3,(H3,15,16). The average molecular weight is 258 g/mol. The van der Waals surface area contributed by atoms with Crippen LogP contribution < -0.4 is 10.5 Å². The molecule has 5 nitrogen and oxygen atoms in total. The van der Waals surface area contributed by atoms with E-state index >= 15 is 0 Å². The molecule has 0 radical (unpaired) electrons. The lowest BCUT2D eigenvalue weighted by Gasteiger charge is -2.08. The molecule has 0 aliphatic rings. The predicted molar refractivity (Wildman–Crippen MR) is 74.7 cm³/mol. The van der Waals surface area contributed by atoms with Gasteiger partial charge in [0.25, 0.3) is 0 Å². The summed E-state index contributed by atoms with van der Waals surface area (Å²) in [7, 11) is 0. The SMILES string of the molecule is Cc1ncn(CCOc2ccc(C(=N)N)cc2)c1C. The van der Waals surface area contributed by atoms with Crippen LogP contribution in [0.2, 0.25) is 0 Å². The number of aryl methyl sites for hydroxylation is 1. The molecule has 1 heterocycles. The minimum absolute atomic E-state index is 0.0658. The first-order chi connectivity index (χ1) is 9.08. The molecular formula is C14H18N4O. The maximum Gasteiger partial charge on any atom is 0.122 e. The molecular weight excluding hydrogens is 240 g/mol. The van der Waals surface area contributed by atoms with Gasteiger partial charge in [-0.2, -0.15) is 0 Å². The Morgan fingerprint density at radius 2 is 2.00 bits per heavy atom. The smallest absolute Gasteiger partial charge is 0.122 e. The van der Waals surface area contributed by atoms with Crippen molar-refractivity contribution >= 4 is 5.84 Å². The molecule has 0 spiro atoms. The molecule has 0 saturated heterocycles. The van der Waals surface area contributed by atoms with Crippen LogP contribution in [0.5, 0.6) is 5.75 Å². The Bertz CT molecular complexity index is 572. The highest BCUT2D eigenvalue weighted by molar-refractivity contribution is 5.94. The van der Waals surface area contributed by atoms with Crippen molar-refractivity contribution in [2.24, 2.45) is 5.73 Å². The number of nitrogens with zero attached hydrogens (tertiary/aromatic N) is 2. The van der Waals surface area contributed by atoms with Crippen molar-refractivity contribution in [3.63, 3.8) is 0 Å². The van der Waals surface area contributed by atoms with Gasteiger partial charge in [-0.1, -0.05) is 0 Å². The lowest BCUT2D eigenvalue weighted by atomic mass is 10.2. The maximum absolute atomic E-state index is 7.31. The summed E-state index contributed by atoms with van der Waals surface area (Å²) < 4.78 is 7.72. The molecule has 3 N–H and O–H groups in total. The molecule has 2 rings (SSSR count). The number of rotatable bonds is 5. The molecule has 100 valence electrons. The van der Waals surface area contributed by atoms with E-state index in [9.17, 15) is 0 Å². The van der Waals surface area contributed by atoms with Crippen LogP contribution in [0, 0.1) is 19.3 Å². The first-order valence-corrected chi connectivity index (χ1v) is 6.13. The number of hydrogen-bond donors (Lipinski definition) is 2. The maximum atomic E-state index is 7.31. The third-order valence-corrected chi connectivity index (χ3v) is 3.11. The van der Waals surface area contributed by atoms with Gasteiger partial charge in [-0.25, -0.2) is 4.98 Å². The average Bonchev–Trinajstić information content (AvgIpc) is 2.71. The minimum Gasteiger partial charge on any atom is -0.492 e. The number of nitrogens with one attached hydrogen (secondary N) is 1. The molecule has 0 atom stereocenters. The molecule has 0 unspecified atom stereocenters. The summed E-state index contributed by atoms with van der Waals surface area (Å²) in [5, 5.41) is 7.31. The van der Waals surface area contributed by atoms with Crippen LogP contribution in [0.1, 0.15) is 17.0 Å². The van der Waals surface area contributed by atoms with Gasteiger partial charge >= 0.3 is 0 Å². The van der Waals surface area contributed by atoms with E-state index < -0.39 is 0 Å². The highest BCUT2D eigenvalue weighted by atomic mass is 16.5. The second kappa shape index (κ2) is 5.56. The highest BCUT2D eigenvalue weighted by Gasteiger charge is 2.02. The van der Waals surface area contributed by atoms with Crippen molar-refractivity contribution in [3.8, 4) is 5.75 Å². The summed E-state index contributed by atoms with van der Waals surface area (Å²) in [6, 6.07) is 7.21. The summed E-state index contributed by atoms with van der Waals surface area (Å²) >= 11 is 0. The fourth-order valence-electron chi connectivity index (χ4n) is 1.76. The minimum atomic E-state index is 0.0658. The summed E-state index contributed by atoms with van der Waals surface area (Å²) in [6.45, 7) is 5.38. The fourth-order valence-corrected chi connectivity index (χ4v) is 1.76. The lowest BCUT2D eigenvalue weighted by molar-refractivity contribution is 0.297. The topological polar surface area (TPSA) is 76.9 Å². The van der Waals surface area contributed by atoms with Gasteiger partial charge in [-0.05, 0) is 38.1 Å². The lowest BCUT2D eigenvalue weighted by Crippen LogP contribution is -2.11. The summed E-state index contributed by atoms with van der Waals surface area (Å²) in [5.74, 6) is 0.843. The Kier molecular flexibility index (Phi) is 3.85. The molecule has 5 heteroatoms. The van der Waals surface area contributed by atoms with E-state index in [0.29, 0.717) is 12.2 Å². The Labute approximate surface area is 112 Å². The zero-order chi connectivity index (χ0) is 13.8. The zero-order valence-corrected chi connectivity index (χ0v) is 11.2. The fraction of sp³-hybridized carbons (Fsp3) is 0.286. The van der Waals surface area contributed by atoms with Crippen molar-refractivity contribution in [2.45, 2.75) is 20.4 Å². The molecule has 2 aromatic rings. The number of nitrogens with two attached hydrogens (primary N) is 1. The summed E-state index contributed by atoms with van der Waals surface area (Å²) in [5.41, 5.74) is 8.30. The zero-order valence-electron chi connectivity index (χ0n) is 11.2. The summed E-state index contributed by atoms with van der Waals surface area (Å²) in [4.78, 5) is 4.24. The van der Waals surface area contributed by atoms with Crippen LogP contribution in [0.4, 0.5) is 0 Å². The molecule has 0 bridgehead atoms. The van der Waals surface area contributed by atoms with E-state index in [0.717, 1.165) is 23.7 Å². The normalized spacial score (nSPS) is 10.4. The first-order valence-electron chi connectivity index (χ1n) is 6.13. The molecule has 19 heavy (non-hydrogen) atoms. The molecule has 0 aliphatic heterocycles. The largest absolute Gasteiger partial charge is 0.492 e. The van der Waals surface area contributed by atoms with Crippen LogP contribution in [0.15, 0.2) is 30.6 Å². The van der Waals surface area contributed by atoms with Crippen LogP contribution in [0.3, 0.4) is 0 Å². The Morgan fingerprint density at radius 3 is 2.53 bits per heavy atom. The van der Waals surface area contributed by atoms with Gasteiger partial charge < -0.3 is 15.0 Å². The molecule has 0 amide bonds. The van der Waals surface area contributed by atoms with E-state index in [1.165, 1.54) is 0 Å². The number of benzene rings is 1. The van der Waals surface area contributed by atoms with E-state index in [1.807, 2.05) is 32.3 Å². The van der Waals surface area contributed by atoms with Crippen molar-refractivity contribution in [2.75, 3.05) is 6.61 Å². The predicted octanol–water partition coefficient (Wildman–Crippen LogP) is 1.86. The quantitative estimate of drug-likeness (QED) is 0.635. The second-order valence-electron chi connectivity index (χ2n) is 4.40. The van der Waals surface area contributed by atoms with E-state index in [4.69, 9.17) is 15.9 Å². The Hall–Kier alpha value is -2.30. The van der Waals surface area contributed by atoms with Gasteiger partial charge in [0, 0.05) is 11.3 Å². The number of hydrogen-bond acceptors (Lipinski definition) is 3. The number of imidazole rings is 1. The van der Waals surface area contributed by atoms with Crippen LogP contribution in [-0.4, -0.2) is 22.0 Å². The van der Waals surface area contributed by atoms with Gasteiger partial charge in [0.05, 0.1) is 18.6 Å². The summed E-state index contributed by atoms with van der Waals surface area (Å²) in [6.07, 6.45) is 1.83. The number of amidine groups is 1. The Balaban J connectivity index is 1.89. The first kappa shape index (κ1) is 13.1. The third kappa shape index (κ3) is 3.13. The van der Waals surface area contributed by atoms with Gasteiger partial charge in [0.2, 0.25) is 0 Å². The molecule has 1 aromatic heterocycles. The molecule has 1 aromatic carbocycles. The third-order valence-electron chi connectivity index (χ3n) is 3.11. The number of ether oxygens (including phenoxy) is 1. The van der Waals surface area contributed by atoms with Crippen molar-refractivity contribution in [1.29, 1.82) is 5.41 Å². The van der Waals surface area contributed by atoms with Crippen molar-refractivity contribution in [3.05, 3.63) is 47.5 Å². The van der Waals surface area contributed by atoms with Gasteiger partial charge in [0.1, 0.15) is 18.2 Å². The number of aromatic nitrogens is 2. The molecule has 0 saturated carbocycles. The number of nitrogen functional groups attached to an aromatic ring is 1. The van der Waals surface area contributed by atoms with E-state index in [2.05, 4.69) is 9.55 Å². The van der Waals surface area contributed by atoms with Gasteiger partial charge in [0.15, 0.2) is 0 Å². The monoisotopic (exact) mass is 258 g/mol. The van der Waals surface area contributed by atoms with Crippen molar-refractivity contribution in [1.82, 2.24) is 9.55 Å². The van der Waals surface area contributed by atoms with E-state index in [-0.39, 0.29) is 5.84 Å². The van der Waals surface area contributed by atoms with Crippen LogP contribution in [0.25, 0.3) is 0 Å². The van der Waals surface area contributed by atoms with Crippen LogP contribution >= 0.6 is 0 Å². The highest BCUT2D eigenvalue weighted by Crippen LogP contribution is 2.12. The molecule has 0 aliphatic carbocycles. The van der Waals surface area contributed by atoms with Gasteiger partial charge in [-0.3, -0.25) is 5.41 Å². The van der Waals surface area contributed by atoms with Crippen LogP contribution in [-0.2, 0) is 6.54 Å². The van der Waals surface area contributed by atoms with Crippen molar-refractivity contribution < 1.29 is 4.74 Å². The molecule has 0 fully saturated rings. The van der Waals surface area contributed by atoms with E-state index in [1.54, 1.807) is 12.1 Å². The second-order valence-corrected chi connectivity index (χ2v) is 4.40. The van der Waals surface area contributed by atoms with Gasteiger partial charge in [-0.15, -0.1) is 0 Å². The Morgan fingerprint density at radius 1 is 1.32 bits per heavy atom.